The summed E-state index contributed by atoms with van der Waals surface area (Å²) in [4.78, 5) is 4.32. The molecule has 0 unspecified atom stereocenters. The van der Waals surface area contributed by atoms with Gasteiger partial charge in [-0.15, -0.1) is 24.0 Å². The molecule has 170 valence electrons. The quantitative estimate of drug-likeness (QED) is 0.270. The summed E-state index contributed by atoms with van der Waals surface area (Å²) in [5, 5.41) is 6.67. The van der Waals surface area contributed by atoms with Crippen LogP contribution in [0.25, 0.3) is 0 Å². The fraction of sp³-hybridized carbons (Fsp3) is 0.435. The van der Waals surface area contributed by atoms with Crippen molar-refractivity contribution in [1.29, 1.82) is 0 Å². The SMILES string of the molecule is CN=C(NCc1ccccc1OCC1CC1)NCc1c(OC)cc(OC)cc1OC.I. The Morgan fingerprint density at radius 2 is 1.58 bits per heavy atom. The molecule has 0 saturated heterocycles. The largest absolute Gasteiger partial charge is 0.496 e. The number of ether oxygens (including phenoxy) is 4. The molecule has 0 aromatic heterocycles. The summed E-state index contributed by atoms with van der Waals surface area (Å²) in [5.74, 6) is 4.37. The predicted molar refractivity (Wildman–Crippen MR) is 133 cm³/mol. The number of para-hydroxylation sites is 1. The Hall–Kier alpha value is -2.36. The first-order valence-corrected chi connectivity index (χ1v) is 10.1. The summed E-state index contributed by atoms with van der Waals surface area (Å²) in [5.41, 5.74) is 1.98. The minimum Gasteiger partial charge on any atom is -0.496 e. The Morgan fingerprint density at radius 3 is 2.16 bits per heavy atom. The molecule has 2 N–H and O–H groups in total. The van der Waals surface area contributed by atoms with E-state index in [9.17, 15) is 0 Å². The maximum Gasteiger partial charge on any atom is 0.191 e. The van der Waals surface area contributed by atoms with E-state index in [4.69, 9.17) is 18.9 Å². The van der Waals surface area contributed by atoms with Crippen LogP contribution in [0, 0.1) is 5.92 Å². The van der Waals surface area contributed by atoms with Crippen LogP contribution in [-0.4, -0.2) is 40.9 Å². The van der Waals surface area contributed by atoms with Crippen molar-refractivity contribution in [1.82, 2.24) is 10.6 Å². The van der Waals surface area contributed by atoms with Crippen molar-refractivity contribution in [2.45, 2.75) is 25.9 Å². The molecule has 0 bridgehead atoms. The first kappa shape index (κ1) is 24.9. The van der Waals surface area contributed by atoms with Gasteiger partial charge in [-0.05, 0) is 24.8 Å². The normalized spacial score (nSPS) is 13.1. The van der Waals surface area contributed by atoms with E-state index in [-0.39, 0.29) is 24.0 Å². The minimum atomic E-state index is 0. The zero-order chi connectivity index (χ0) is 21.3. The van der Waals surface area contributed by atoms with Gasteiger partial charge < -0.3 is 29.6 Å². The highest BCUT2D eigenvalue weighted by Gasteiger charge is 2.22. The van der Waals surface area contributed by atoms with Crippen LogP contribution in [0.15, 0.2) is 41.4 Å². The first-order chi connectivity index (χ1) is 14.7. The molecule has 1 aliphatic carbocycles. The highest BCUT2D eigenvalue weighted by Crippen LogP contribution is 2.34. The van der Waals surface area contributed by atoms with Crippen molar-refractivity contribution in [3.8, 4) is 23.0 Å². The predicted octanol–water partition coefficient (Wildman–Crippen LogP) is 3.98. The Balaban J connectivity index is 0.00000341. The smallest absolute Gasteiger partial charge is 0.191 e. The van der Waals surface area contributed by atoms with Crippen molar-refractivity contribution in [3.63, 3.8) is 0 Å². The minimum absolute atomic E-state index is 0. The van der Waals surface area contributed by atoms with Crippen molar-refractivity contribution in [3.05, 3.63) is 47.5 Å². The second kappa shape index (κ2) is 12.5. The molecule has 0 atom stereocenters. The number of nitrogens with one attached hydrogen (secondary N) is 2. The average Bonchev–Trinajstić information content (AvgIpc) is 3.62. The Kier molecular flexibility index (Phi) is 10.0. The molecule has 1 fully saturated rings. The Bertz CT molecular complexity index is 847. The van der Waals surface area contributed by atoms with Crippen LogP contribution >= 0.6 is 24.0 Å². The fourth-order valence-electron chi connectivity index (χ4n) is 3.11. The van der Waals surface area contributed by atoms with Crippen LogP contribution < -0.4 is 29.6 Å². The van der Waals surface area contributed by atoms with Gasteiger partial charge in [0.05, 0.1) is 40.0 Å². The van der Waals surface area contributed by atoms with Crippen LogP contribution in [0.4, 0.5) is 0 Å². The third kappa shape index (κ3) is 7.09. The Morgan fingerprint density at radius 1 is 0.935 bits per heavy atom. The number of rotatable bonds is 10. The lowest BCUT2D eigenvalue weighted by Crippen LogP contribution is -2.36. The molecule has 7 nitrogen and oxygen atoms in total. The standard InChI is InChI=1S/C23H31N3O4.HI/c1-24-23(25-13-17-7-5-6-8-20(17)30-15-16-9-10-16)26-14-19-21(28-3)11-18(27-2)12-22(19)29-4;/h5-8,11-12,16H,9-10,13-15H2,1-4H3,(H2,24,25,26);1H. The van der Waals surface area contributed by atoms with Gasteiger partial charge in [-0.25, -0.2) is 0 Å². The molecular formula is C23H32IN3O4. The zero-order valence-corrected chi connectivity index (χ0v) is 20.9. The van der Waals surface area contributed by atoms with Gasteiger partial charge in [0.1, 0.15) is 23.0 Å². The molecule has 0 aliphatic heterocycles. The maximum atomic E-state index is 5.99. The molecule has 8 heteroatoms. The van der Waals surface area contributed by atoms with E-state index in [1.807, 2.05) is 30.3 Å². The van der Waals surface area contributed by atoms with Crippen LogP contribution in [0.1, 0.15) is 24.0 Å². The molecular weight excluding hydrogens is 509 g/mol. The summed E-state index contributed by atoms with van der Waals surface area (Å²) >= 11 is 0. The van der Waals surface area contributed by atoms with Gasteiger partial charge in [-0.2, -0.15) is 0 Å². The third-order valence-corrected chi connectivity index (χ3v) is 5.06. The number of hydrogen-bond acceptors (Lipinski definition) is 5. The molecule has 2 aromatic carbocycles. The van der Waals surface area contributed by atoms with E-state index in [1.54, 1.807) is 28.4 Å². The topological polar surface area (TPSA) is 73.3 Å². The summed E-state index contributed by atoms with van der Waals surface area (Å²) in [6.45, 7) is 1.88. The molecule has 0 heterocycles. The van der Waals surface area contributed by atoms with E-state index in [2.05, 4.69) is 21.7 Å². The first-order valence-electron chi connectivity index (χ1n) is 10.1. The molecule has 0 spiro atoms. The van der Waals surface area contributed by atoms with Crippen LogP contribution in [0.2, 0.25) is 0 Å². The van der Waals surface area contributed by atoms with Gasteiger partial charge in [-0.3, -0.25) is 4.99 Å². The van der Waals surface area contributed by atoms with E-state index < -0.39 is 0 Å². The number of halogens is 1. The Labute approximate surface area is 201 Å². The monoisotopic (exact) mass is 541 g/mol. The van der Waals surface area contributed by atoms with Crippen LogP contribution in [0.3, 0.4) is 0 Å². The summed E-state index contributed by atoms with van der Waals surface area (Å²) in [6, 6.07) is 11.8. The van der Waals surface area contributed by atoms with Crippen molar-refractivity contribution in [2.24, 2.45) is 10.9 Å². The molecule has 1 saturated carbocycles. The molecule has 2 aromatic rings. The van der Waals surface area contributed by atoms with E-state index in [0.717, 1.165) is 29.4 Å². The molecule has 0 radical (unpaired) electrons. The van der Waals surface area contributed by atoms with Crippen molar-refractivity contribution < 1.29 is 18.9 Å². The lowest BCUT2D eigenvalue weighted by molar-refractivity contribution is 0.296. The summed E-state index contributed by atoms with van der Waals surface area (Å²) in [6.07, 6.45) is 2.55. The highest BCUT2D eigenvalue weighted by molar-refractivity contribution is 14.0. The number of methoxy groups -OCH3 is 3. The van der Waals surface area contributed by atoms with E-state index >= 15 is 0 Å². The van der Waals surface area contributed by atoms with Crippen molar-refractivity contribution >= 4 is 29.9 Å². The van der Waals surface area contributed by atoms with Gasteiger partial charge in [0.15, 0.2) is 5.96 Å². The zero-order valence-electron chi connectivity index (χ0n) is 18.6. The number of guanidine groups is 1. The molecule has 3 rings (SSSR count). The number of hydrogen-bond donors (Lipinski definition) is 2. The van der Waals surface area contributed by atoms with E-state index in [1.165, 1.54) is 12.8 Å². The van der Waals surface area contributed by atoms with E-state index in [0.29, 0.717) is 36.3 Å². The van der Waals surface area contributed by atoms with Crippen LogP contribution in [-0.2, 0) is 13.1 Å². The van der Waals surface area contributed by atoms with Gasteiger partial charge in [0.2, 0.25) is 0 Å². The van der Waals surface area contributed by atoms with Crippen molar-refractivity contribution in [2.75, 3.05) is 35.0 Å². The summed E-state index contributed by atoms with van der Waals surface area (Å²) < 4.78 is 22.3. The second-order valence-electron chi connectivity index (χ2n) is 7.15. The summed E-state index contributed by atoms with van der Waals surface area (Å²) in [7, 11) is 6.62. The van der Waals surface area contributed by atoms with Crippen LogP contribution in [0.5, 0.6) is 23.0 Å². The number of aliphatic imine (C=N–C) groups is 1. The molecule has 0 amide bonds. The second-order valence-corrected chi connectivity index (χ2v) is 7.15. The fourth-order valence-corrected chi connectivity index (χ4v) is 3.11. The average molecular weight is 541 g/mol. The van der Waals surface area contributed by atoms with Gasteiger partial charge in [0.25, 0.3) is 0 Å². The lowest BCUT2D eigenvalue weighted by Gasteiger charge is -2.18. The molecule has 1 aliphatic rings. The third-order valence-electron chi connectivity index (χ3n) is 5.06. The highest BCUT2D eigenvalue weighted by atomic mass is 127. The number of nitrogens with zero attached hydrogens (tertiary/aromatic N) is 1. The van der Waals surface area contributed by atoms with Gasteiger partial charge >= 0.3 is 0 Å². The number of benzene rings is 2. The molecule has 31 heavy (non-hydrogen) atoms. The lowest BCUT2D eigenvalue weighted by atomic mass is 10.1. The maximum absolute atomic E-state index is 5.99. The van der Waals surface area contributed by atoms with Gasteiger partial charge in [-0.1, -0.05) is 18.2 Å². The van der Waals surface area contributed by atoms with Gasteiger partial charge in [0, 0.05) is 31.3 Å².